The van der Waals surface area contributed by atoms with Crippen LogP contribution in [0.2, 0.25) is 0 Å². The number of rotatable bonds is 5. The monoisotopic (exact) mass is 340 g/mol. The molecule has 3 N–H and O–H groups in total. The van der Waals surface area contributed by atoms with Crippen molar-refractivity contribution in [2.75, 3.05) is 24.2 Å². The number of nitrogen functional groups attached to an aromatic ring is 1. The van der Waals surface area contributed by atoms with Crippen LogP contribution in [-0.2, 0) is 12.5 Å². The number of anilines is 2. The highest BCUT2D eigenvalue weighted by atomic mass is 16.5. The second kappa shape index (κ2) is 6.58. The Bertz CT molecular complexity index is 864. The summed E-state index contributed by atoms with van der Waals surface area (Å²) in [5, 5.41) is 8.02. The van der Waals surface area contributed by atoms with E-state index < -0.39 is 0 Å². The van der Waals surface area contributed by atoms with Crippen molar-refractivity contribution in [3.63, 3.8) is 0 Å². The van der Waals surface area contributed by atoms with Crippen LogP contribution in [0.4, 0.5) is 11.8 Å². The van der Waals surface area contributed by atoms with E-state index in [1.807, 2.05) is 19.2 Å². The first-order valence-corrected chi connectivity index (χ1v) is 8.27. The highest BCUT2D eigenvalue weighted by Gasteiger charge is 2.13. The first-order valence-electron chi connectivity index (χ1n) is 8.27. The summed E-state index contributed by atoms with van der Waals surface area (Å²) in [7, 11) is 1.82. The fourth-order valence-corrected chi connectivity index (χ4v) is 2.51. The van der Waals surface area contributed by atoms with Gasteiger partial charge in [0, 0.05) is 7.05 Å². The average Bonchev–Trinajstić information content (AvgIpc) is 2.93. The van der Waals surface area contributed by atoms with Gasteiger partial charge in [0.1, 0.15) is 18.2 Å². The minimum Gasteiger partial charge on any atom is -0.492 e. The molecule has 2 aromatic heterocycles. The molecule has 0 aliphatic rings. The van der Waals surface area contributed by atoms with Crippen LogP contribution in [0.15, 0.2) is 30.5 Å². The highest BCUT2D eigenvalue weighted by Crippen LogP contribution is 2.24. The lowest BCUT2D eigenvalue weighted by molar-refractivity contribution is 0.332. The molecule has 0 atom stereocenters. The maximum absolute atomic E-state index is 5.94. The predicted molar refractivity (Wildman–Crippen MR) is 99.8 cm³/mol. The molecule has 1 aromatic carbocycles. The minimum atomic E-state index is 0.141. The molecule has 0 saturated heterocycles. The molecule has 0 fully saturated rings. The summed E-state index contributed by atoms with van der Waals surface area (Å²) in [6.45, 7) is 7.65. The third kappa shape index (κ3) is 3.81. The number of nitrogens with two attached hydrogens (primary N) is 1. The molecule has 0 radical (unpaired) electrons. The molecule has 2 heterocycles. The van der Waals surface area contributed by atoms with E-state index in [9.17, 15) is 0 Å². The molecule has 0 saturated carbocycles. The van der Waals surface area contributed by atoms with E-state index in [-0.39, 0.29) is 5.41 Å². The number of nitrogens with zero attached hydrogens (tertiary/aromatic N) is 4. The van der Waals surface area contributed by atoms with E-state index in [4.69, 9.17) is 10.5 Å². The van der Waals surface area contributed by atoms with Crippen molar-refractivity contribution in [3.05, 3.63) is 36.0 Å². The van der Waals surface area contributed by atoms with E-state index in [0.29, 0.717) is 30.6 Å². The molecule has 3 rings (SSSR count). The molecule has 132 valence electrons. The fourth-order valence-electron chi connectivity index (χ4n) is 2.51. The summed E-state index contributed by atoms with van der Waals surface area (Å²) >= 11 is 0. The Kier molecular flexibility index (Phi) is 4.48. The number of fused-ring (bicyclic) bond motifs is 1. The predicted octanol–water partition coefficient (Wildman–Crippen LogP) is 2.73. The lowest BCUT2D eigenvalue weighted by atomic mass is 9.87. The second-order valence-corrected chi connectivity index (χ2v) is 6.99. The summed E-state index contributed by atoms with van der Waals surface area (Å²) < 4.78 is 7.43. The van der Waals surface area contributed by atoms with Crippen molar-refractivity contribution in [2.45, 2.75) is 26.2 Å². The van der Waals surface area contributed by atoms with Crippen LogP contribution >= 0.6 is 0 Å². The zero-order valence-corrected chi connectivity index (χ0v) is 15.1. The molecule has 0 unspecified atom stereocenters. The topological polar surface area (TPSA) is 90.9 Å². The Morgan fingerprint density at radius 3 is 2.56 bits per heavy atom. The Balaban J connectivity index is 1.56. The summed E-state index contributed by atoms with van der Waals surface area (Å²) in [4.78, 5) is 8.67. The standard InChI is InChI=1S/C18H24N6O/c1-18(2,3)12-5-7-13(8-6-12)25-10-9-20-17-22-15(19)14-11-21-24(4)16(14)23-17/h5-8,11H,9-10H2,1-4H3,(H3,19,20,22,23). The fraction of sp³-hybridized carbons (Fsp3) is 0.389. The van der Waals surface area contributed by atoms with Gasteiger partial charge in [-0.15, -0.1) is 0 Å². The maximum Gasteiger partial charge on any atom is 0.226 e. The molecule has 0 spiro atoms. The van der Waals surface area contributed by atoms with Crippen LogP contribution in [0, 0.1) is 0 Å². The number of aromatic nitrogens is 4. The summed E-state index contributed by atoms with van der Waals surface area (Å²) in [5.41, 5.74) is 8.07. The molecular formula is C18H24N6O. The van der Waals surface area contributed by atoms with Crippen LogP contribution in [0.25, 0.3) is 11.0 Å². The van der Waals surface area contributed by atoms with Gasteiger partial charge in [-0.2, -0.15) is 15.1 Å². The summed E-state index contributed by atoms with van der Waals surface area (Å²) in [5.74, 6) is 1.73. The van der Waals surface area contributed by atoms with E-state index in [1.165, 1.54) is 5.56 Å². The first-order chi connectivity index (χ1) is 11.8. The van der Waals surface area contributed by atoms with E-state index in [1.54, 1.807) is 10.9 Å². The summed E-state index contributed by atoms with van der Waals surface area (Å²) in [6, 6.07) is 8.19. The number of ether oxygens (including phenoxy) is 1. The summed E-state index contributed by atoms with van der Waals surface area (Å²) in [6.07, 6.45) is 1.67. The van der Waals surface area contributed by atoms with Crippen molar-refractivity contribution < 1.29 is 4.74 Å². The molecule has 0 bridgehead atoms. The first kappa shape index (κ1) is 17.0. The average molecular weight is 340 g/mol. The van der Waals surface area contributed by atoms with E-state index in [0.717, 1.165) is 11.1 Å². The Morgan fingerprint density at radius 2 is 1.88 bits per heavy atom. The van der Waals surface area contributed by atoms with Crippen molar-refractivity contribution in [1.82, 2.24) is 19.7 Å². The van der Waals surface area contributed by atoms with Crippen LogP contribution < -0.4 is 15.8 Å². The molecule has 7 nitrogen and oxygen atoms in total. The van der Waals surface area contributed by atoms with E-state index in [2.05, 4.69) is 53.3 Å². The second-order valence-electron chi connectivity index (χ2n) is 6.99. The van der Waals surface area contributed by atoms with Gasteiger partial charge in [0.05, 0.1) is 18.1 Å². The van der Waals surface area contributed by atoms with Gasteiger partial charge < -0.3 is 15.8 Å². The van der Waals surface area contributed by atoms with Gasteiger partial charge in [0.25, 0.3) is 0 Å². The van der Waals surface area contributed by atoms with Gasteiger partial charge in [-0.05, 0) is 23.1 Å². The molecule has 25 heavy (non-hydrogen) atoms. The SMILES string of the molecule is Cn1ncc2c(N)nc(NCCOc3ccc(C(C)(C)C)cc3)nc21. The smallest absolute Gasteiger partial charge is 0.226 e. The van der Waals surface area contributed by atoms with Crippen molar-refractivity contribution in [2.24, 2.45) is 7.05 Å². The van der Waals surface area contributed by atoms with Crippen LogP contribution in [0.1, 0.15) is 26.3 Å². The molecule has 7 heteroatoms. The number of nitrogens with one attached hydrogen (secondary N) is 1. The lowest BCUT2D eigenvalue weighted by Crippen LogP contribution is -2.14. The minimum absolute atomic E-state index is 0.141. The molecular weight excluding hydrogens is 316 g/mol. The normalized spacial score (nSPS) is 11.7. The Morgan fingerprint density at radius 1 is 1.16 bits per heavy atom. The zero-order chi connectivity index (χ0) is 18.0. The molecule has 0 amide bonds. The molecule has 0 aliphatic heterocycles. The van der Waals surface area contributed by atoms with E-state index >= 15 is 0 Å². The van der Waals surface area contributed by atoms with Crippen LogP contribution in [0.5, 0.6) is 5.75 Å². The molecule has 3 aromatic rings. The van der Waals surface area contributed by atoms with Gasteiger partial charge in [0.15, 0.2) is 5.65 Å². The molecule has 0 aliphatic carbocycles. The Labute approximate surface area is 147 Å². The number of hydrogen-bond donors (Lipinski definition) is 2. The number of benzene rings is 1. The zero-order valence-electron chi connectivity index (χ0n) is 15.1. The maximum atomic E-state index is 5.94. The van der Waals surface area contributed by atoms with Gasteiger partial charge in [-0.3, -0.25) is 4.68 Å². The van der Waals surface area contributed by atoms with Gasteiger partial charge in [-0.25, -0.2) is 0 Å². The van der Waals surface area contributed by atoms with Crippen LogP contribution in [0.3, 0.4) is 0 Å². The van der Waals surface area contributed by atoms with Gasteiger partial charge >= 0.3 is 0 Å². The quantitative estimate of drug-likeness (QED) is 0.694. The number of aryl methyl sites for hydroxylation is 1. The van der Waals surface area contributed by atoms with Gasteiger partial charge in [0.2, 0.25) is 5.95 Å². The van der Waals surface area contributed by atoms with Crippen molar-refractivity contribution >= 4 is 22.8 Å². The Hall–Kier alpha value is -2.83. The van der Waals surface area contributed by atoms with Crippen LogP contribution in [-0.4, -0.2) is 32.9 Å². The van der Waals surface area contributed by atoms with Crippen molar-refractivity contribution in [1.29, 1.82) is 0 Å². The third-order valence-corrected chi connectivity index (χ3v) is 4.00. The highest BCUT2D eigenvalue weighted by molar-refractivity contribution is 5.86. The third-order valence-electron chi connectivity index (χ3n) is 4.00. The largest absolute Gasteiger partial charge is 0.492 e. The number of hydrogen-bond acceptors (Lipinski definition) is 6. The van der Waals surface area contributed by atoms with Crippen molar-refractivity contribution in [3.8, 4) is 5.75 Å². The van der Waals surface area contributed by atoms with Gasteiger partial charge in [-0.1, -0.05) is 32.9 Å². The lowest BCUT2D eigenvalue weighted by Gasteiger charge is -2.19.